The van der Waals surface area contributed by atoms with Gasteiger partial charge in [-0.3, -0.25) is 10.3 Å². The van der Waals surface area contributed by atoms with E-state index in [-0.39, 0.29) is 0 Å². The lowest BCUT2D eigenvalue weighted by molar-refractivity contribution is 0.456. The summed E-state index contributed by atoms with van der Waals surface area (Å²) in [4.78, 5) is 4.67. The number of nitrogens with one attached hydrogen (secondary N) is 1. The number of nitriles is 1. The van der Waals surface area contributed by atoms with Gasteiger partial charge in [-0.05, 0) is 49.2 Å². The molecular formula is C11H15N3S. The van der Waals surface area contributed by atoms with E-state index in [1.165, 1.54) is 19.3 Å². The van der Waals surface area contributed by atoms with Gasteiger partial charge >= 0.3 is 0 Å². The summed E-state index contributed by atoms with van der Waals surface area (Å²) in [5, 5.41) is 12.0. The van der Waals surface area contributed by atoms with Gasteiger partial charge in [0.15, 0.2) is 11.4 Å². The van der Waals surface area contributed by atoms with Gasteiger partial charge in [-0.15, -0.1) is 0 Å². The molecule has 80 valence electrons. The lowest BCUT2D eigenvalue weighted by Gasteiger charge is -2.05. The highest BCUT2D eigenvalue weighted by Crippen LogP contribution is 2.66. The van der Waals surface area contributed by atoms with Gasteiger partial charge < -0.3 is 0 Å². The quantitative estimate of drug-likeness (QED) is 0.318. The number of thioether (sulfide) groups is 1. The fraction of sp³-hybridized carbons (Fsp3) is 0.818. The van der Waals surface area contributed by atoms with Gasteiger partial charge in [-0.2, -0.15) is 5.26 Å². The molecule has 3 fully saturated rings. The molecule has 0 spiro atoms. The smallest absolute Gasteiger partial charge is 0.183 e. The van der Waals surface area contributed by atoms with Crippen LogP contribution in [0.2, 0.25) is 0 Å². The second-order valence-corrected chi connectivity index (χ2v) is 5.65. The zero-order chi connectivity index (χ0) is 10.4. The third-order valence-corrected chi connectivity index (χ3v) is 4.91. The highest BCUT2D eigenvalue weighted by atomic mass is 32.2. The van der Waals surface area contributed by atoms with Crippen molar-refractivity contribution in [2.24, 2.45) is 28.7 Å². The van der Waals surface area contributed by atoms with Crippen molar-refractivity contribution in [1.29, 1.82) is 5.26 Å². The van der Waals surface area contributed by atoms with Crippen molar-refractivity contribution in [3.63, 3.8) is 0 Å². The number of rotatable bonds is 1. The number of nitrogens with zero attached hydrogens (tertiary/aromatic N) is 2. The van der Waals surface area contributed by atoms with Crippen molar-refractivity contribution in [2.45, 2.75) is 25.3 Å². The lowest BCUT2D eigenvalue weighted by atomic mass is 10.0. The summed E-state index contributed by atoms with van der Waals surface area (Å²) in [6.45, 7) is 0. The van der Waals surface area contributed by atoms with E-state index in [1.807, 2.05) is 12.4 Å². The van der Waals surface area contributed by atoms with E-state index in [9.17, 15) is 0 Å². The van der Waals surface area contributed by atoms with Crippen molar-refractivity contribution < 1.29 is 0 Å². The van der Waals surface area contributed by atoms with Crippen LogP contribution in [0.15, 0.2) is 4.99 Å². The predicted molar refractivity (Wildman–Crippen MR) is 61.3 cm³/mol. The Labute approximate surface area is 94.3 Å². The van der Waals surface area contributed by atoms with Gasteiger partial charge in [-0.25, -0.2) is 0 Å². The minimum absolute atomic E-state index is 0.541. The second-order valence-electron chi connectivity index (χ2n) is 4.85. The molecule has 0 aromatic heterocycles. The average molecular weight is 221 g/mol. The van der Waals surface area contributed by atoms with Gasteiger partial charge in [0.25, 0.3) is 0 Å². The standard InChI is InChI=1S/C11H15N3S/c1-15-11(13-5-12)14-10-8-6-2-3-7(4-6)9(8)10/h6-10H,2-4H2,1H3,(H,13,14). The van der Waals surface area contributed by atoms with Crippen LogP contribution in [0.25, 0.3) is 0 Å². The van der Waals surface area contributed by atoms with E-state index in [2.05, 4.69) is 10.3 Å². The van der Waals surface area contributed by atoms with Crippen molar-refractivity contribution in [3.05, 3.63) is 0 Å². The zero-order valence-electron chi connectivity index (χ0n) is 8.81. The first-order valence-electron chi connectivity index (χ1n) is 5.62. The molecule has 4 atom stereocenters. The van der Waals surface area contributed by atoms with Crippen LogP contribution < -0.4 is 5.32 Å². The van der Waals surface area contributed by atoms with Crippen LogP contribution >= 0.6 is 11.8 Å². The molecule has 3 nitrogen and oxygen atoms in total. The molecule has 2 bridgehead atoms. The number of aliphatic imine (C=N–C) groups is 1. The molecule has 0 aliphatic heterocycles. The molecule has 0 amide bonds. The van der Waals surface area contributed by atoms with Crippen molar-refractivity contribution >= 4 is 16.9 Å². The maximum absolute atomic E-state index is 8.57. The Balaban J connectivity index is 1.70. The molecule has 3 saturated carbocycles. The van der Waals surface area contributed by atoms with E-state index in [0.717, 1.165) is 28.8 Å². The monoisotopic (exact) mass is 221 g/mol. The largest absolute Gasteiger partial charge is 0.272 e. The van der Waals surface area contributed by atoms with Crippen molar-refractivity contribution in [2.75, 3.05) is 6.26 Å². The van der Waals surface area contributed by atoms with Crippen molar-refractivity contribution in [3.8, 4) is 6.19 Å². The molecule has 0 radical (unpaired) electrons. The van der Waals surface area contributed by atoms with Crippen molar-refractivity contribution in [1.82, 2.24) is 5.32 Å². The van der Waals surface area contributed by atoms with Crippen LogP contribution in [-0.2, 0) is 0 Å². The Morgan fingerprint density at radius 3 is 2.60 bits per heavy atom. The van der Waals surface area contributed by atoms with E-state index in [4.69, 9.17) is 5.26 Å². The summed E-state index contributed by atoms with van der Waals surface area (Å²) in [7, 11) is 0. The highest BCUT2D eigenvalue weighted by Gasteiger charge is 2.65. The molecule has 0 aromatic rings. The fourth-order valence-corrected chi connectivity index (χ4v) is 4.15. The lowest BCUT2D eigenvalue weighted by Crippen LogP contribution is -2.15. The highest BCUT2D eigenvalue weighted by molar-refractivity contribution is 8.13. The third kappa shape index (κ3) is 1.37. The normalized spacial score (nSPS) is 46.1. The van der Waals surface area contributed by atoms with Crippen LogP contribution in [0.5, 0.6) is 0 Å². The minimum atomic E-state index is 0.541. The molecule has 0 saturated heterocycles. The number of hydrogen-bond donors (Lipinski definition) is 1. The summed E-state index contributed by atoms with van der Waals surface area (Å²) in [5.74, 6) is 3.65. The summed E-state index contributed by atoms with van der Waals surface area (Å²) >= 11 is 1.54. The summed E-state index contributed by atoms with van der Waals surface area (Å²) in [6.07, 6.45) is 8.24. The molecule has 3 aliphatic rings. The Hall–Kier alpha value is -0.690. The molecule has 4 unspecified atom stereocenters. The van der Waals surface area contributed by atoms with Crippen LogP contribution in [0.4, 0.5) is 0 Å². The molecule has 0 aromatic carbocycles. The molecule has 4 heteroatoms. The zero-order valence-corrected chi connectivity index (χ0v) is 9.63. The summed E-state index contributed by atoms with van der Waals surface area (Å²) < 4.78 is 0. The Bertz CT molecular complexity index is 330. The first kappa shape index (κ1) is 9.53. The van der Waals surface area contributed by atoms with E-state index in [1.54, 1.807) is 11.8 Å². The third-order valence-electron chi connectivity index (χ3n) is 4.32. The molecule has 3 rings (SSSR count). The molecule has 15 heavy (non-hydrogen) atoms. The second kappa shape index (κ2) is 3.41. The first-order chi connectivity index (χ1) is 7.35. The number of hydrogen-bond acceptors (Lipinski definition) is 3. The van der Waals surface area contributed by atoms with Gasteiger partial charge in [0, 0.05) is 0 Å². The predicted octanol–water partition coefficient (Wildman–Crippen LogP) is 1.82. The average Bonchev–Trinajstić information content (AvgIpc) is 2.67. The molecule has 1 N–H and O–H groups in total. The van der Waals surface area contributed by atoms with Crippen LogP contribution in [0.1, 0.15) is 19.3 Å². The van der Waals surface area contributed by atoms with Gasteiger partial charge in [-0.1, -0.05) is 11.8 Å². The Morgan fingerprint density at radius 2 is 2.07 bits per heavy atom. The van der Waals surface area contributed by atoms with Gasteiger partial charge in [0.1, 0.15) is 0 Å². The molecular weight excluding hydrogens is 206 g/mol. The summed E-state index contributed by atoms with van der Waals surface area (Å²) in [6, 6.07) is 0.541. The first-order valence-corrected chi connectivity index (χ1v) is 6.84. The van der Waals surface area contributed by atoms with E-state index in [0.29, 0.717) is 6.04 Å². The SMILES string of the molecule is CSC(=NC1C2C3CCC(C3)C12)NC#N. The van der Waals surface area contributed by atoms with Crippen LogP contribution in [0, 0.1) is 35.1 Å². The van der Waals surface area contributed by atoms with E-state index >= 15 is 0 Å². The topological polar surface area (TPSA) is 48.2 Å². The minimum Gasteiger partial charge on any atom is -0.272 e. The summed E-state index contributed by atoms with van der Waals surface area (Å²) in [5.41, 5.74) is 0. The maximum atomic E-state index is 8.57. The van der Waals surface area contributed by atoms with Crippen LogP contribution in [0.3, 0.4) is 0 Å². The molecule has 3 aliphatic carbocycles. The van der Waals surface area contributed by atoms with Crippen LogP contribution in [-0.4, -0.2) is 17.5 Å². The van der Waals surface area contributed by atoms with Gasteiger partial charge in [0.2, 0.25) is 0 Å². The number of fused-ring (bicyclic) bond motifs is 5. The van der Waals surface area contributed by atoms with E-state index < -0.39 is 0 Å². The Kier molecular flexibility index (Phi) is 2.17. The van der Waals surface area contributed by atoms with Gasteiger partial charge in [0.05, 0.1) is 6.04 Å². The molecule has 0 heterocycles. The Morgan fingerprint density at radius 1 is 1.40 bits per heavy atom. The maximum Gasteiger partial charge on any atom is 0.183 e. The fourth-order valence-electron chi connectivity index (χ4n) is 3.77. The number of amidine groups is 1.